The van der Waals surface area contributed by atoms with Crippen LogP contribution < -0.4 is 4.20 Å². The second kappa shape index (κ2) is 4.20. The van der Waals surface area contributed by atoms with E-state index in [0.29, 0.717) is 0 Å². The Morgan fingerprint density at radius 3 is 1.90 bits per heavy atom. The highest BCUT2D eigenvalue weighted by atomic mass is 79.9. The molecule has 0 rings (SSSR count). The summed E-state index contributed by atoms with van der Waals surface area (Å²) in [6, 6.07) is 0. The molecule has 0 aromatic heterocycles. The Morgan fingerprint density at radius 1 is 1.40 bits per heavy atom. The van der Waals surface area contributed by atoms with Crippen LogP contribution in [0.25, 0.3) is 0 Å². The molecule has 0 saturated heterocycles. The van der Waals surface area contributed by atoms with E-state index in [1.54, 1.807) is 0 Å². The van der Waals surface area contributed by atoms with Crippen LogP contribution in [-0.2, 0) is 13.4 Å². The van der Waals surface area contributed by atoms with Crippen LogP contribution in [0.1, 0.15) is 0 Å². The van der Waals surface area contributed by atoms with Gasteiger partial charge in [-0.15, -0.1) is 3.83 Å². The quantitative estimate of drug-likeness (QED) is 0.516. The first-order chi connectivity index (χ1) is 4.59. The van der Waals surface area contributed by atoms with Gasteiger partial charge in [-0.2, -0.15) is 0 Å². The average molecular weight is 215 g/mol. The number of carbonyl (C=O) groups is 2. The number of carboxylic acids is 2. The van der Waals surface area contributed by atoms with Crippen LogP contribution in [0.4, 0.5) is 0 Å². The summed E-state index contributed by atoms with van der Waals surface area (Å²) >= 11 is -1.41. The molecule has 0 aromatic rings. The molecule has 2 N–H and O–H groups in total. The number of halogens is 1. The van der Waals surface area contributed by atoms with Gasteiger partial charge in [0.15, 0.2) is 0 Å². The predicted molar refractivity (Wildman–Crippen MR) is 20.1 cm³/mol. The zero-order valence-corrected chi connectivity index (χ0v) is 6.07. The molecule has 0 aliphatic rings. The van der Waals surface area contributed by atoms with Crippen LogP contribution in [0, 0.1) is 15.5 Å². The monoisotopic (exact) mass is 214 g/mol. The Hall–Kier alpha value is -0.660. The third-order valence-electron chi connectivity index (χ3n) is 0.574. The van der Waals surface area contributed by atoms with Crippen LogP contribution in [0.3, 0.4) is 0 Å². The molecule has 7 heteroatoms. The number of hydrogen-bond donors (Lipinski definition) is 2. The highest BCUT2D eigenvalue weighted by Crippen LogP contribution is 1.90. The molecule has 6 nitrogen and oxygen atoms in total. The molecule has 0 spiro atoms. The molecule has 0 saturated carbocycles. The largest absolute Gasteiger partial charge is 0.550 e. The maximum absolute atomic E-state index is 9.89. The van der Waals surface area contributed by atoms with Crippen LogP contribution in [0.15, 0.2) is 0 Å². The lowest BCUT2D eigenvalue weighted by Crippen LogP contribution is -2.33. The molecule has 0 bridgehead atoms. The molecule has 0 atom stereocenters. The van der Waals surface area contributed by atoms with Gasteiger partial charge in [0.1, 0.15) is 0 Å². The van der Waals surface area contributed by atoms with Gasteiger partial charge < -0.3 is 14.4 Å². The fourth-order valence-corrected chi connectivity index (χ4v) is 0.691. The zero-order chi connectivity index (χ0) is 8.15. The maximum atomic E-state index is 9.89. The molecular weight excluding hydrogens is 212 g/mol. The molecule has 0 aliphatic carbocycles. The van der Waals surface area contributed by atoms with Crippen molar-refractivity contribution in [2.45, 2.75) is 6.10 Å². The van der Waals surface area contributed by atoms with Gasteiger partial charge >= 0.3 is 33.6 Å². The molecule has 0 unspecified atom stereocenters. The van der Waals surface area contributed by atoms with Gasteiger partial charge in [-0.1, -0.05) is 0 Å². The first kappa shape index (κ1) is 9.34. The van der Waals surface area contributed by atoms with E-state index in [9.17, 15) is 13.8 Å². The van der Waals surface area contributed by atoms with Crippen molar-refractivity contribution in [3.63, 3.8) is 0 Å². The van der Waals surface area contributed by atoms with Crippen LogP contribution in [0.5, 0.6) is 0 Å². The number of aliphatic carboxylic acids is 2. The fraction of sp³-hybridized carbons (Fsp3) is 0.333. The minimum absolute atomic E-state index is 1.41. The van der Waals surface area contributed by atoms with Crippen molar-refractivity contribution < 1.29 is 43.4 Å². The Kier molecular flexibility index (Phi) is 3.93. The van der Waals surface area contributed by atoms with Gasteiger partial charge in [-0.3, -0.25) is 0 Å². The van der Waals surface area contributed by atoms with Gasteiger partial charge in [0.05, 0.1) is 0 Å². The number of rotatable bonds is 4. The van der Waals surface area contributed by atoms with E-state index in [4.69, 9.17) is 10.2 Å². The molecule has 0 radical (unpaired) electrons. The van der Waals surface area contributed by atoms with E-state index in [1.165, 1.54) is 0 Å². The van der Waals surface area contributed by atoms with Crippen molar-refractivity contribution in [2.24, 2.45) is 0 Å². The average Bonchev–Trinajstić information content (AvgIpc) is 1.81. The smallest absolute Gasteiger partial charge is 0.421 e. The molecule has 0 amide bonds. The summed E-state index contributed by atoms with van der Waals surface area (Å²) in [4.78, 5) is 19.8. The van der Waals surface area contributed by atoms with Crippen molar-refractivity contribution in [1.29, 1.82) is 0 Å². The molecule has 0 fully saturated rings. The van der Waals surface area contributed by atoms with E-state index in [1.807, 2.05) is 0 Å². The topological polar surface area (TPSA) is 107 Å². The standard InChI is InChI=1S/C3H3BrO6/c5-2(6)1(3(7)8)10-4-9/h1H,(H,5,6)(H,7,8). The number of carboxylic acid groups (broad SMARTS) is 2. The zero-order valence-electron chi connectivity index (χ0n) is 4.48. The summed E-state index contributed by atoms with van der Waals surface area (Å²) < 4.78 is 13.5. The Bertz CT molecular complexity index is 130. The second-order valence-electron chi connectivity index (χ2n) is 1.21. The molecule has 0 heterocycles. The van der Waals surface area contributed by atoms with E-state index < -0.39 is 33.6 Å². The SMILES string of the molecule is O=C(O)C(O[Br+][O-])C(=O)O. The Morgan fingerprint density at radius 2 is 1.80 bits per heavy atom. The van der Waals surface area contributed by atoms with Crippen molar-refractivity contribution in [2.75, 3.05) is 0 Å². The highest BCUT2D eigenvalue weighted by Gasteiger charge is 2.31. The minimum Gasteiger partial charge on any atom is -0.550 e. The van der Waals surface area contributed by atoms with Crippen molar-refractivity contribution in [1.82, 2.24) is 0 Å². The van der Waals surface area contributed by atoms with Crippen molar-refractivity contribution >= 4 is 11.9 Å². The molecule has 0 aromatic carbocycles. The minimum atomic E-state index is -2.03. The molecule has 58 valence electrons. The van der Waals surface area contributed by atoms with Gasteiger partial charge in [0.2, 0.25) is 0 Å². The van der Waals surface area contributed by atoms with Gasteiger partial charge in [-0.25, -0.2) is 9.59 Å². The first-order valence-electron chi connectivity index (χ1n) is 1.98. The van der Waals surface area contributed by atoms with Crippen LogP contribution in [0.2, 0.25) is 0 Å². The summed E-state index contributed by atoms with van der Waals surface area (Å²) in [6.07, 6.45) is -2.03. The molecule has 10 heavy (non-hydrogen) atoms. The second-order valence-corrected chi connectivity index (χ2v) is 1.85. The van der Waals surface area contributed by atoms with Crippen molar-refractivity contribution in [3.05, 3.63) is 0 Å². The van der Waals surface area contributed by atoms with Gasteiger partial charge in [0.25, 0.3) is 0 Å². The lowest BCUT2D eigenvalue weighted by molar-refractivity contribution is -1.27. The van der Waals surface area contributed by atoms with Crippen LogP contribution >= 0.6 is 0 Å². The fourth-order valence-electron chi connectivity index (χ4n) is 0.218. The maximum Gasteiger partial charge on any atom is 0.421 e. The Balaban J connectivity index is 3.98. The Labute approximate surface area is 62.2 Å². The van der Waals surface area contributed by atoms with E-state index in [0.717, 1.165) is 0 Å². The summed E-state index contributed by atoms with van der Waals surface area (Å²) in [5.74, 6) is -3.34. The summed E-state index contributed by atoms with van der Waals surface area (Å²) in [7, 11) is 0. The van der Waals surface area contributed by atoms with E-state index >= 15 is 0 Å². The van der Waals surface area contributed by atoms with Crippen molar-refractivity contribution in [3.8, 4) is 0 Å². The van der Waals surface area contributed by atoms with E-state index in [-0.39, 0.29) is 0 Å². The normalized spacial score (nSPS) is 9.80. The van der Waals surface area contributed by atoms with Gasteiger partial charge in [0, 0.05) is 0 Å². The summed E-state index contributed by atoms with van der Waals surface area (Å²) in [6.45, 7) is 0. The molecular formula is C3H3BrO6. The summed E-state index contributed by atoms with van der Waals surface area (Å²) in [5.41, 5.74) is 0. The lowest BCUT2D eigenvalue weighted by atomic mass is 10.4. The first-order valence-corrected chi connectivity index (χ1v) is 3.27. The third-order valence-corrected chi connectivity index (χ3v) is 1.10. The van der Waals surface area contributed by atoms with Gasteiger partial charge in [-0.05, 0) is 0 Å². The lowest BCUT2D eigenvalue weighted by Gasteiger charge is -1.96. The third kappa shape index (κ3) is 2.76. The summed E-state index contributed by atoms with van der Waals surface area (Å²) in [5, 5.41) is 16.1. The number of hydrogen-bond acceptors (Lipinski definition) is 4. The van der Waals surface area contributed by atoms with E-state index in [2.05, 4.69) is 3.83 Å². The predicted octanol–water partition coefficient (Wildman–Crippen LogP) is -2.18. The van der Waals surface area contributed by atoms with Crippen LogP contribution in [-0.4, -0.2) is 28.3 Å². The highest BCUT2D eigenvalue weighted by molar-refractivity contribution is 5.95. The molecule has 0 aliphatic heterocycles.